The van der Waals surface area contributed by atoms with E-state index >= 15 is 0 Å². The highest BCUT2D eigenvalue weighted by atomic mass is 15.1. The Kier molecular flexibility index (Phi) is 3.53. The van der Waals surface area contributed by atoms with Crippen LogP contribution in [0.3, 0.4) is 0 Å². The normalized spacial score (nSPS) is 33.2. The van der Waals surface area contributed by atoms with Crippen LogP contribution in [0.2, 0.25) is 0 Å². The SMILES string of the molecule is CNCC1(C)CCCCN(C)C1. The molecule has 0 bridgehead atoms. The molecule has 1 aliphatic heterocycles. The third-order valence-corrected chi connectivity index (χ3v) is 2.83. The first-order valence-electron chi connectivity index (χ1n) is 4.99. The van der Waals surface area contributed by atoms with Gasteiger partial charge in [0.25, 0.3) is 0 Å². The molecule has 0 aromatic heterocycles. The van der Waals surface area contributed by atoms with Gasteiger partial charge < -0.3 is 10.2 Å². The molecular weight excluding hydrogens is 148 g/mol. The molecule has 1 saturated heterocycles. The number of hydrogen-bond acceptors (Lipinski definition) is 2. The van der Waals surface area contributed by atoms with Crippen LogP contribution in [-0.4, -0.2) is 38.6 Å². The highest BCUT2D eigenvalue weighted by molar-refractivity contribution is 4.81. The first-order chi connectivity index (χ1) is 5.66. The quantitative estimate of drug-likeness (QED) is 0.672. The second kappa shape index (κ2) is 4.24. The van der Waals surface area contributed by atoms with Crippen LogP contribution < -0.4 is 5.32 Å². The largest absolute Gasteiger partial charge is 0.319 e. The highest BCUT2D eigenvalue weighted by Gasteiger charge is 2.26. The summed E-state index contributed by atoms with van der Waals surface area (Å²) in [5.74, 6) is 0. The third-order valence-electron chi connectivity index (χ3n) is 2.83. The van der Waals surface area contributed by atoms with E-state index in [9.17, 15) is 0 Å². The van der Waals surface area contributed by atoms with Crippen molar-refractivity contribution in [3.05, 3.63) is 0 Å². The molecule has 1 rings (SSSR count). The van der Waals surface area contributed by atoms with Gasteiger partial charge in [0.1, 0.15) is 0 Å². The molecule has 1 heterocycles. The number of nitrogens with one attached hydrogen (secondary N) is 1. The molecule has 2 heteroatoms. The van der Waals surface area contributed by atoms with E-state index in [1.54, 1.807) is 0 Å². The second-order valence-electron chi connectivity index (χ2n) is 4.54. The Balaban J connectivity index is 2.49. The Morgan fingerprint density at radius 3 is 2.83 bits per heavy atom. The zero-order valence-corrected chi connectivity index (χ0v) is 8.69. The molecule has 0 radical (unpaired) electrons. The predicted molar refractivity (Wildman–Crippen MR) is 53.4 cm³/mol. The molecule has 0 aromatic carbocycles. The number of likely N-dealkylation sites (tertiary alicyclic amines) is 1. The lowest BCUT2D eigenvalue weighted by atomic mass is 9.85. The van der Waals surface area contributed by atoms with E-state index in [1.165, 1.54) is 32.4 Å². The minimum absolute atomic E-state index is 0.500. The van der Waals surface area contributed by atoms with E-state index in [0.717, 1.165) is 6.54 Å². The Morgan fingerprint density at radius 2 is 2.17 bits per heavy atom. The molecule has 1 N–H and O–H groups in total. The van der Waals surface area contributed by atoms with Crippen LogP contribution in [0.5, 0.6) is 0 Å². The average molecular weight is 170 g/mol. The predicted octanol–water partition coefficient (Wildman–Crippen LogP) is 1.33. The Morgan fingerprint density at radius 1 is 1.42 bits per heavy atom. The minimum atomic E-state index is 0.500. The van der Waals surface area contributed by atoms with Crippen molar-refractivity contribution in [1.29, 1.82) is 0 Å². The third kappa shape index (κ3) is 2.76. The van der Waals surface area contributed by atoms with Crippen LogP contribution in [0.1, 0.15) is 26.2 Å². The summed E-state index contributed by atoms with van der Waals surface area (Å²) in [6.45, 7) is 6.07. The van der Waals surface area contributed by atoms with E-state index in [4.69, 9.17) is 0 Å². The molecular formula is C10H22N2. The lowest BCUT2D eigenvalue weighted by Gasteiger charge is -2.30. The maximum Gasteiger partial charge on any atom is 0.00444 e. The van der Waals surface area contributed by atoms with Gasteiger partial charge in [-0.15, -0.1) is 0 Å². The minimum Gasteiger partial charge on any atom is -0.319 e. The summed E-state index contributed by atoms with van der Waals surface area (Å²) >= 11 is 0. The van der Waals surface area contributed by atoms with Crippen molar-refractivity contribution in [1.82, 2.24) is 10.2 Å². The summed E-state index contributed by atoms with van der Waals surface area (Å²) in [5.41, 5.74) is 0.500. The van der Waals surface area contributed by atoms with Crippen molar-refractivity contribution in [2.45, 2.75) is 26.2 Å². The standard InChI is InChI=1S/C10H22N2/c1-10(8-11-2)6-4-5-7-12(3)9-10/h11H,4-9H2,1-3H3. The van der Waals surface area contributed by atoms with Crippen LogP contribution in [-0.2, 0) is 0 Å². The van der Waals surface area contributed by atoms with E-state index in [0.29, 0.717) is 5.41 Å². The summed E-state index contributed by atoms with van der Waals surface area (Å²) in [4.78, 5) is 2.46. The topological polar surface area (TPSA) is 15.3 Å². The van der Waals surface area contributed by atoms with Crippen LogP contribution in [0.4, 0.5) is 0 Å². The smallest absolute Gasteiger partial charge is 0.00444 e. The van der Waals surface area contributed by atoms with Crippen molar-refractivity contribution in [3.8, 4) is 0 Å². The van der Waals surface area contributed by atoms with Gasteiger partial charge in [-0.3, -0.25) is 0 Å². The first-order valence-corrected chi connectivity index (χ1v) is 4.99. The van der Waals surface area contributed by atoms with Gasteiger partial charge in [0.15, 0.2) is 0 Å². The number of nitrogens with zero attached hydrogens (tertiary/aromatic N) is 1. The maximum atomic E-state index is 3.30. The van der Waals surface area contributed by atoms with Gasteiger partial charge >= 0.3 is 0 Å². The summed E-state index contributed by atoms with van der Waals surface area (Å²) in [5, 5.41) is 3.30. The van der Waals surface area contributed by atoms with Crippen LogP contribution in [0.25, 0.3) is 0 Å². The molecule has 1 fully saturated rings. The fraction of sp³-hybridized carbons (Fsp3) is 1.00. The molecule has 0 aromatic rings. The Hall–Kier alpha value is -0.0800. The first kappa shape index (κ1) is 10.0. The molecule has 72 valence electrons. The zero-order valence-electron chi connectivity index (χ0n) is 8.69. The van der Waals surface area contributed by atoms with Gasteiger partial charge in [0, 0.05) is 13.1 Å². The summed E-state index contributed by atoms with van der Waals surface area (Å²) < 4.78 is 0. The summed E-state index contributed by atoms with van der Waals surface area (Å²) in [7, 11) is 4.29. The van der Waals surface area contributed by atoms with Gasteiger partial charge in [-0.1, -0.05) is 13.3 Å². The molecule has 0 saturated carbocycles. The van der Waals surface area contributed by atoms with Crippen molar-refractivity contribution in [3.63, 3.8) is 0 Å². The van der Waals surface area contributed by atoms with Crippen LogP contribution >= 0.6 is 0 Å². The fourth-order valence-electron chi connectivity index (χ4n) is 2.31. The highest BCUT2D eigenvalue weighted by Crippen LogP contribution is 2.27. The van der Waals surface area contributed by atoms with Crippen LogP contribution in [0.15, 0.2) is 0 Å². The average Bonchev–Trinajstić information content (AvgIpc) is 2.12. The van der Waals surface area contributed by atoms with Gasteiger partial charge in [0.2, 0.25) is 0 Å². The van der Waals surface area contributed by atoms with E-state index in [2.05, 4.69) is 31.2 Å². The zero-order chi connectivity index (χ0) is 9.03. The van der Waals surface area contributed by atoms with Gasteiger partial charge in [-0.05, 0) is 38.9 Å². The fourth-order valence-corrected chi connectivity index (χ4v) is 2.31. The van der Waals surface area contributed by atoms with Crippen molar-refractivity contribution >= 4 is 0 Å². The van der Waals surface area contributed by atoms with Gasteiger partial charge in [-0.2, -0.15) is 0 Å². The van der Waals surface area contributed by atoms with Crippen molar-refractivity contribution in [2.24, 2.45) is 5.41 Å². The second-order valence-corrected chi connectivity index (χ2v) is 4.54. The van der Waals surface area contributed by atoms with Crippen molar-refractivity contribution in [2.75, 3.05) is 33.7 Å². The molecule has 0 amide bonds. The summed E-state index contributed by atoms with van der Waals surface area (Å²) in [6.07, 6.45) is 4.14. The molecule has 0 spiro atoms. The molecule has 1 aliphatic rings. The van der Waals surface area contributed by atoms with Gasteiger partial charge in [-0.25, -0.2) is 0 Å². The molecule has 1 unspecified atom stereocenters. The maximum absolute atomic E-state index is 3.30. The Bertz CT molecular complexity index is 136. The Labute approximate surface area is 76.3 Å². The van der Waals surface area contributed by atoms with E-state index in [-0.39, 0.29) is 0 Å². The molecule has 12 heavy (non-hydrogen) atoms. The molecule has 0 aliphatic carbocycles. The van der Waals surface area contributed by atoms with Crippen LogP contribution in [0, 0.1) is 5.41 Å². The van der Waals surface area contributed by atoms with E-state index in [1.807, 2.05) is 0 Å². The van der Waals surface area contributed by atoms with Crippen molar-refractivity contribution < 1.29 is 0 Å². The van der Waals surface area contributed by atoms with Gasteiger partial charge in [0.05, 0.1) is 0 Å². The monoisotopic (exact) mass is 170 g/mol. The summed E-state index contributed by atoms with van der Waals surface area (Å²) in [6, 6.07) is 0. The van der Waals surface area contributed by atoms with E-state index < -0.39 is 0 Å². The number of rotatable bonds is 2. The lowest BCUT2D eigenvalue weighted by molar-refractivity contribution is 0.204. The number of hydrogen-bond donors (Lipinski definition) is 1. The lowest BCUT2D eigenvalue weighted by Crippen LogP contribution is -2.38. The molecule has 1 atom stereocenters. The molecule has 2 nitrogen and oxygen atoms in total.